The highest BCUT2D eigenvalue weighted by atomic mass is 32.2. The van der Waals surface area contributed by atoms with E-state index in [1.54, 1.807) is 48.5 Å². The highest BCUT2D eigenvalue weighted by Crippen LogP contribution is 2.17. The minimum Gasteiger partial charge on any atom is -0.348 e. The zero-order chi connectivity index (χ0) is 17.2. The summed E-state index contributed by atoms with van der Waals surface area (Å²) in [5.41, 5.74) is 1.07. The van der Waals surface area contributed by atoms with Gasteiger partial charge < -0.3 is 5.32 Å². The normalized spacial score (nSPS) is 18.9. The van der Waals surface area contributed by atoms with Gasteiger partial charge in [-0.05, 0) is 12.5 Å². The highest BCUT2D eigenvalue weighted by molar-refractivity contribution is 7.91. The molecule has 1 saturated heterocycles. The summed E-state index contributed by atoms with van der Waals surface area (Å²) in [5, 5.41) is 2.73. The first-order chi connectivity index (χ1) is 11.5. The van der Waals surface area contributed by atoms with Gasteiger partial charge in [-0.1, -0.05) is 48.5 Å². The topological polar surface area (TPSA) is 80.3 Å². The van der Waals surface area contributed by atoms with Crippen LogP contribution >= 0.6 is 0 Å². The van der Waals surface area contributed by atoms with Crippen LogP contribution in [0.15, 0.2) is 54.6 Å². The number of rotatable bonds is 4. The Labute approximate surface area is 140 Å². The van der Waals surface area contributed by atoms with Crippen LogP contribution in [0, 0.1) is 0 Å². The number of benzene rings is 2. The summed E-state index contributed by atoms with van der Waals surface area (Å²) in [5.74, 6) is -0.617. The molecule has 1 aliphatic rings. The largest absolute Gasteiger partial charge is 0.348 e. The Morgan fingerprint density at radius 2 is 1.54 bits per heavy atom. The second kappa shape index (κ2) is 6.57. The Hall–Kier alpha value is -2.47. The van der Waals surface area contributed by atoms with E-state index in [0.717, 1.165) is 0 Å². The average molecular weight is 343 g/mol. The lowest BCUT2D eigenvalue weighted by Gasteiger charge is -2.13. The molecule has 1 fully saturated rings. The standard InChI is InChI=1S/C18H17NO4S/c20-17(13-6-2-1-3-7-13)15-8-4-5-9-16(15)18(21)19-14-10-11-24(22,23)12-14/h1-9,14H,10-12H2,(H,19,21)/t14-/m0/s1. The van der Waals surface area contributed by atoms with Crippen LogP contribution < -0.4 is 5.32 Å². The third-order valence-corrected chi connectivity index (χ3v) is 5.79. The van der Waals surface area contributed by atoms with Gasteiger partial charge in [0, 0.05) is 17.2 Å². The predicted molar refractivity (Wildman–Crippen MR) is 90.8 cm³/mol. The molecule has 0 saturated carbocycles. The molecule has 6 heteroatoms. The van der Waals surface area contributed by atoms with Gasteiger partial charge >= 0.3 is 0 Å². The number of carbonyl (C=O) groups excluding carboxylic acids is 2. The van der Waals surface area contributed by atoms with E-state index in [1.165, 1.54) is 0 Å². The van der Waals surface area contributed by atoms with Gasteiger partial charge in [-0.3, -0.25) is 9.59 Å². The monoisotopic (exact) mass is 343 g/mol. The quantitative estimate of drug-likeness (QED) is 0.859. The summed E-state index contributed by atoms with van der Waals surface area (Å²) in [4.78, 5) is 25.1. The number of carbonyl (C=O) groups is 2. The third-order valence-electron chi connectivity index (χ3n) is 4.02. The molecule has 124 valence electrons. The summed E-state index contributed by atoms with van der Waals surface area (Å²) in [6, 6.07) is 14.9. The van der Waals surface area contributed by atoms with Crippen molar-refractivity contribution < 1.29 is 18.0 Å². The van der Waals surface area contributed by atoms with Gasteiger partial charge in [-0.15, -0.1) is 0 Å². The summed E-state index contributed by atoms with van der Waals surface area (Å²) >= 11 is 0. The Kier molecular flexibility index (Phi) is 4.49. The fraction of sp³-hybridized carbons (Fsp3) is 0.222. The van der Waals surface area contributed by atoms with Crippen molar-refractivity contribution in [1.29, 1.82) is 0 Å². The Morgan fingerprint density at radius 1 is 0.917 bits per heavy atom. The number of amides is 1. The fourth-order valence-electron chi connectivity index (χ4n) is 2.80. The highest BCUT2D eigenvalue weighted by Gasteiger charge is 2.30. The maximum Gasteiger partial charge on any atom is 0.252 e. The van der Waals surface area contributed by atoms with Crippen LogP contribution in [-0.4, -0.2) is 37.7 Å². The summed E-state index contributed by atoms with van der Waals surface area (Å²) < 4.78 is 23.0. The molecule has 0 unspecified atom stereocenters. The first-order valence-electron chi connectivity index (χ1n) is 7.66. The van der Waals surface area contributed by atoms with E-state index < -0.39 is 21.8 Å². The number of ketones is 1. The van der Waals surface area contributed by atoms with E-state index in [0.29, 0.717) is 17.5 Å². The second-order valence-corrected chi connectivity index (χ2v) is 8.04. The molecule has 2 aromatic carbocycles. The van der Waals surface area contributed by atoms with Gasteiger partial charge in [-0.2, -0.15) is 0 Å². The fourth-order valence-corrected chi connectivity index (χ4v) is 4.47. The van der Waals surface area contributed by atoms with Gasteiger partial charge in [0.15, 0.2) is 15.6 Å². The van der Waals surface area contributed by atoms with Crippen LogP contribution in [0.4, 0.5) is 0 Å². The number of sulfone groups is 1. The summed E-state index contributed by atoms with van der Waals surface area (Å²) in [6.45, 7) is 0. The average Bonchev–Trinajstić information content (AvgIpc) is 2.93. The van der Waals surface area contributed by atoms with Gasteiger partial charge in [0.05, 0.1) is 17.1 Å². The Bertz CT molecular complexity index is 875. The van der Waals surface area contributed by atoms with Gasteiger partial charge in [-0.25, -0.2) is 8.42 Å². The number of nitrogens with one attached hydrogen (secondary N) is 1. The predicted octanol–water partition coefficient (Wildman–Crippen LogP) is 1.83. The number of hydrogen-bond acceptors (Lipinski definition) is 4. The van der Waals surface area contributed by atoms with Crippen molar-refractivity contribution in [3.05, 3.63) is 71.3 Å². The van der Waals surface area contributed by atoms with Crippen molar-refractivity contribution in [2.45, 2.75) is 12.5 Å². The minimum absolute atomic E-state index is 0.0481. The first-order valence-corrected chi connectivity index (χ1v) is 9.48. The van der Waals surface area contributed by atoms with Crippen LogP contribution in [-0.2, 0) is 9.84 Å². The maximum absolute atomic E-state index is 12.6. The molecule has 0 radical (unpaired) electrons. The van der Waals surface area contributed by atoms with E-state index in [4.69, 9.17) is 0 Å². The van der Waals surface area contributed by atoms with Crippen LogP contribution in [0.25, 0.3) is 0 Å². The van der Waals surface area contributed by atoms with E-state index in [-0.39, 0.29) is 22.9 Å². The van der Waals surface area contributed by atoms with Gasteiger partial charge in [0.2, 0.25) is 0 Å². The van der Waals surface area contributed by atoms with E-state index in [1.807, 2.05) is 6.07 Å². The molecule has 0 aromatic heterocycles. The summed E-state index contributed by atoms with van der Waals surface area (Å²) in [6.07, 6.45) is 0.406. The molecule has 5 nitrogen and oxygen atoms in total. The van der Waals surface area contributed by atoms with Crippen LogP contribution in [0.1, 0.15) is 32.7 Å². The molecule has 24 heavy (non-hydrogen) atoms. The molecular weight excluding hydrogens is 326 g/mol. The van der Waals surface area contributed by atoms with Gasteiger partial charge in [0.1, 0.15) is 0 Å². The smallest absolute Gasteiger partial charge is 0.252 e. The third kappa shape index (κ3) is 3.54. The van der Waals surface area contributed by atoms with Crippen molar-refractivity contribution in [2.75, 3.05) is 11.5 Å². The molecule has 1 heterocycles. The molecule has 0 spiro atoms. The second-order valence-electron chi connectivity index (χ2n) is 5.81. The molecule has 1 N–H and O–H groups in total. The van der Waals surface area contributed by atoms with E-state index in [9.17, 15) is 18.0 Å². The Balaban J connectivity index is 1.84. The zero-order valence-electron chi connectivity index (χ0n) is 12.9. The van der Waals surface area contributed by atoms with Crippen LogP contribution in [0.3, 0.4) is 0 Å². The molecule has 0 aliphatic carbocycles. The lowest BCUT2D eigenvalue weighted by Crippen LogP contribution is -2.36. The molecule has 1 atom stereocenters. The maximum atomic E-state index is 12.6. The molecule has 0 bridgehead atoms. The van der Waals surface area contributed by atoms with E-state index in [2.05, 4.69) is 5.32 Å². The zero-order valence-corrected chi connectivity index (χ0v) is 13.8. The molecular formula is C18H17NO4S. The molecule has 3 rings (SSSR count). The number of hydrogen-bond donors (Lipinski definition) is 1. The van der Waals surface area contributed by atoms with Crippen LogP contribution in [0.2, 0.25) is 0 Å². The first kappa shape index (κ1) is 16.4. The van der Waals surface area contributed by atoms with Gasteiger partial charge in [0.25, 0.3) is 5.91 Å². The van der Waals surface area contributed by atoms with Crippen molar-refractivity contribution in [1.82, 2.24) is 5.32 Å². The lowest BCUT2D eigenvalue weighted by molar-refractivity contribution is 0.0930. The lowest BCUT2D eigenvalue weighted by atomic mass is 9.98. The van der Waals surface area contributed by atoms with Crippen molar-refractivity contribution >= 4 is 21.5 Å². The minimum atomic E-state index is -3.07. The SMILES string of the molecule is O=C(N[C@H]1CCS(=O)(=O)C1)c1ccccc1C(=O)c1ccccc1. The molecule has 2 aromatic rings. The Morgan fingerprint density at radius 3 is 2.17 bits per heavy atom. The molecule has 1 aliphatic heterocycles. The van der Waals surface area contributed by atoms with Crippen LogP contribution in [0.5, 0.6) is 0 Å². The van der Waals surface area contributed by atoms with Crippen molar-refractivity contribution in [3.63, 3.8) is 0 Å². The van der Waals surface area contributed by atoms with Crippen molar-refractivity contribution in [3.8, 4) is 0 Å². The van der Waals surface area contributed by atoms with Crippen molar-refractivity contribution in [2.24, 2.45) is 0 Å². The molecule has 1 amide bonds. The summed E-state index contributed by atoms with van der Waals surface area (Å²) in [7, 11) is -3.07. The van der Waals surface area contributed by atoms with E-state index >= 15 is 0 Å².